The van der Waals surface area contributed by atoms with E-state index in [-0.39, 0.29) is 5.91 Å². The van der Waals surface area contributed by atoms with Crippen LogP contribution in [0.4, 0.5) is 17.1 Å². The monoisotopic (exact) mass is 378 g/mol. The second-order valence-electron chi connectivity index (χ2n) is 7.11. The number of benzene rings is 2. The predicted octanol–water partition coefficient (Wildman–Crippen LogP) is 3.14. The molecule has 2 aromatic rings. The SMILES string of the molecule is Cc1cccc2c1/C(=C\Nc1ccc(NCCN3CCOCC3)cc1)C(=O)N2. The van der Waals surface area contributed by atoms with Gasteiger partial charge in [-0.1, -0.05) is 12.1 Å². The average molecular weight is 378 g/mol. The smallest absolute Gasteiger partial charge is 0.257 e. The van der Waals surface area contributed by atoms with Gasteiger partial charge >= 0.3 is 0 Å². The molecule has 0 bridgehead atoms. The molecule has 0 spiro atoms. The summed E-state index contributed by atoms with van der Waals surface area (Å²) in [7, 11) is 0. The van der Waals surface area contributed by atoms with Gasteiger partial charge in [0.2, 0.25) is 0 Å². The molecule has 0 atom stereocenters. The van der Waals surface area contributed by atoms with E-state index < -0.39 is 0 Å². The summed E-state index contributed by atoms with van der Waals surface area (Å²) >= 11 is 0. The number of nitrogens with zero attached hydrogens (tertiary/aromatic N) is 1. The molecule has 0 saturated carbocycles. The highest BCUT2D eigenvalue weighted by Gasteiger charge is 2.25. The lowest BCUT2D eigenvalue weighted by Gasteiger charge is -2.26. The van der Waals surface area contributed by atoms with Crippen molar-refractivity contribution in [3.05, 3.63) is 59.8 Å². The lowest BCUT2D eigenvalue weighted by molar-refractivity contribution is -0.110. The van der Waals surface area contributed by atoms with Crippen LogP contribution in [0.15, 0.2) is 48.7 Å². The van der Waals surface area contributed by atoms with Gasteiger partial charge in [-0.2, -0.15) is 0 Å². The van der Waals surface area contributed by atoms with Gasteiger partial charge in [0.15, 0.2) is 0 Å². The van der Waals surface area contributed by atoms with E-state index in [0.29, 0.717) is 5.57 Å². The zero-order chi connectivity index (χ0) is 19.3. The topological polar surface area (TPSA) is 65.6 Å². The van der Waals surface area contributed by atoms with Crippen LogP contribution in [0, 0.1) is 6.92 Å². The summed E-state index contributed by atoms with van der Waals surface area (Å²) in [5.41, 5.74) is 5.64. The molecule has 6 nitrogen and oxygen atoms in total. The van der Waals surface area contributed by atoms with Crippen molar-refractivity contribution in [3.63, 3.8) is 0 Å². The fraction of sp³-hybridized carbons (Fsp3) is 0.318. The Balaban J connectivity index is 1.34. The van der Waals surface area contributed by atoms with E-state index >= 15 is 0 Å². The van der Waals surface area contributed by atoms with Crippen molar-refractivity contribution < 1.29 is 9.53 Å². The lowest BCUT2D eigenvalue weighted by Crippen LogP contribution is -2.38. The maximum atomic E-state index is 12.3. The number of ether oxygens (including phenoxy) is 1. The fourth-order valence-corrected chi connectivity index (χ4v) is 3.59. The number of carbonyl (C=O) groups excluding carboxylic acids is 1. The first kappa shape index (κ1) is 18.5. The van der Waals surface area contributed by atoms with Gasteiger partial charge in [0, 0.05) is 55.0 Å². The van der Waals surface area contributed by atoms with E-state index in [2.05, 4.69) is 20.9 Å². The van der Waals surface area contributed by atoms with Crippen LogP contribution in [0.1, 0.15) is 11.1 Å². The van der Waals surface area contributed by atoms with Crippen molar-refractivity contribution in [2.75, 3.05) is 55.3 Å². The number of anilines is 3. The average Bonchev–Trinajstić information content (AvgIpc) is 3.04. The number of nitrogens with one attached hydrogen (secondary N) is 3. The first-order valence-corrected chi connectivity index (χ1v) is 9.73. The molecule has 4 rings (SSSR count). The second-order valence-corrected chi connectivity index (χ2v) is 7.11. The molecule has 2 heterocycles. The van der Waals surface area contributed by atoms with Crippen LogP contribution >= 0.6 is 0 Å². The van der Waals surface area contributed by atoms with Crippen molar-refractivity contribution in [1.29, 1.82) is 0 Å². The van der Waals surface area contributed by atoms with Crippen LogP contribution in [-0.2, 0) is 9.53 Å². The van der Waals surface area contributed by atoms with Crippen LogP contribution in [0.2, 0.25) is 0 Å². The van der Waals surface area contributed by atoms with Crippen LogP contribution in [-0.4, -0.2) is 50.2 Å². The van der Waals surface area contributed by atoms with Crippen LogP contribution in [0.25, 0.3) is 5.57 Å². The molecule has 2 aliphatic rings. The highest BCUT2D eigenvalue weighted by Crippen LogP contribution is 2.34. The minimum absolute atomic E-state index is 0.0711. The Morgan fingerprint density at radius 2 is 1.86 bits per heavy atom. The van der Waals surface area contributed by atoms with Crippen molar-refractivity contribution >= 4 is 28.5 Å². The normalized spacial score (nSPS) is 18.0. The summed E-state index contributed by atoms with van der Waals surface area (Å²) < 4.78 is 5.37. The quantitative estimate of drug-likeness (QED) is 0.674. The zero-order valence-electron chi connectivity index (χ0n) is 16.1. The molecule has 0 aliphatic carbocycles. The number of aryl methyl sites for hydroxylation is 1. The summed E-state index contributed by atoms with van der Waals surface area (Å²) in [5.74, 6) is -0.0711. The first-order chi connectivity index (χ1) is 13.7. The summed E-state index contributed by atoms with van der Waals surface area (Å²) in [6.07, 6.45) is 1.79. The molecule has 1 saturated heterocycles. The Kier molecular flexibility index (Phi) is 5.60. The van der Waals surface area contributed by atoms with Gasteiger partial charge in [-0.05, 0) is 42.8 Å². The maximum absolute atomic E-state index is 12.3. The number of amides is 1. The Hall–Kier alpha value is -2.83. The van der Waals surface area contributed by atoms with Gasteiger partial charge < -0.3 is 20.7 Å². The molecule has 2 aromatic carbocycles. The second kappa shape index (κ2) is 8.46. The molecule has 6 heteroatoms. The molecule has 28 heavy (non-hydrogen) atoms. The molecule has 0 radical (unpaired) electrons. The highest BCUT2D eigenvalue weighted by molar-refractivity contribution is 6.32. The zero-order valence-corrected chi connectivity index (χ0v) is 16.1. The van der Waals surface area contributed by atoms with E-state index in [1.54, 1.807) is 6.20 Å². The number of rotatable bonds is 6. The van der Waals surface area contributed by atoms with Crippen LogP contribution in [0.3, 0.4) is 0 Å². The molecule has 2 aliphatic heterocycles. The first-order valence-electron chi connectivity index (χ1n) is 9.73. The van der Waals surface area contributed by atoms with Gasteiger partial charge in [-0.15, -0.1) is 0 Å². The number of carbonyl (C=O) groups is 1. The predicted molar refractivity (Wildman–Crippen MR) is 114 cm³/mol. The van der Waals surface area contributed by atoms with E-state index in [4.69, 9.17) is 4.74 Å². The number of morpholine rings is 1. The molecule has 3 N–H and O–H groups in total. The summed E-state index contributed by atoms with van der Waals surface area (Å²) in [4.78, 5) is 14.7. The van der Waals surface area contributed by atoms with Gasteiger partial charge in [-0.25, -0.2) is 0 Å². The van der Waals surface area contributed by atoms with E-state index in [1.807, 2.05) is 49.4 Å². The number of fused-ring (bicyclic) bond motifs is 1. The Morgan fingerprint density at radius 3 is 2.64 bits per heavy atom. The third kappa shape index (κ3) is 4.18. The minimum Gasteiger partial charge on any atom is -0.384 e. The van der Waals surface area contributed by atoms with Crippen LogP contribution < -0.4 is 16.0 Å². The Labute approximate surface area is 165 Å². The molecule has 0 aromatic heterocycles. The van der Waals surface area contributed by atoms with Gasteiger partial charge in [0.05, 0.1) is 18.8 Å². The molecule has 0 unspecified atom stereocenters. The van der Waals surface area contributed by atoms with Crippen molar-refractivity contribution in [1.82, 2.24) is 4.90 Å². The van der Waals surface area contributed by atoms with Gasteiger partial charge in [0.25, 0.3) is 5.91 Å². The molecule has 1 fully saturated rings. The highest BCUT2D eigenvalue weighted by atomic mass is 16.5. The van der Waals surface area contributed by atoms with Crippen LogP contribution in [0.5, 0.6) is 0 Å². The Morgan fingerprint density at radius 1 is 1.11 bits per heavy atom. The molecule has 146 valence electrons. The third-order valence-electron chi connectivity index (χ3n) is 5.16. The summed E-state index contributed by atoms with van der Waals surface area (Å²) in [6.45, 7) is 7.63. The maximum Gasteiger partial charge on any atom is 0.257 e. The number of hydrogen-bond donors (Lipinski definition) is 3. The minimum atomic E-state index is -0.0711. The molecule has 1 amide bonds. The largest absolute Gasteiger partial charge is 0.384 e. The van der Waals surface area contributed by atoms with E-state index in [9.17, 15) is 4.79 Å². The van der Waals surface area contributed by atoms with Gasteiger partial charge in [-0.3, -0.25) is 9.69 Å². The summed E-state index contributed by atoms with van der Waals surface area (Å²) in [6, 6.07) is 14.0. The van der Waals surface area contributed by atoms with E-state index in [0.717, 1.165) is 67.6 Å². The van der Waals surface area contributed by atoms with Crippen molar-refractivity contribution in [2.45, 2.75) is 6.92 Å². The van der Waals surface area contributed by atoms with Gasteiger partial charge in [0.1, 0.15) is 0 Å². The van der Waals surface area contributed by atoms with Crippen molar-refractivity contribution in [2.24, 2.45) is 0 Å². The van der Waals surface area contributed by atoms with E-state index in [1.165, 1.54) is 0 Å². The van der Waals surface area contributed by atoms with Crippen molar-refractivity contribution in [3.8, 4) is 0 Å². The Bertz CT molecular complexity index is 871. The molecular formula is C22H26N4O2. The summed E-state index contributed by atoms with van der Waals surface area (Å²) in [5, 5.41) is 9.62. The molecular weight excluding hydrogens is 352 g/mol. The lowest BCUT2D eigenvalue weighted by atomic mass is 10.0. The fourth-order valence-electron chi connectivity index (χ4n) is 3.59. The third-order valence-corrected chi connectivity index (χ3v) is 5.16. The number of hydrogen-bond acceptors (Lipinski definition) is 5. The standard InChI is InChI=1S/C22H26N4O2/c1-16-3-2-4-20-21(16)19(22(27)25-20)15-24-18-7-5-17(6-8-18)23-9-10-26-11-13-28-14-12-26/h2-8,15,23-24H,9-14H2,1H3,(H,25,27)/b19-15+.